The Morgan fingerprint density at radius 1 is 1.03 bits per heavy atom. The molecule has 0 aromatic carbocycles. The first-order valence-corrected chi connectivity index (χ1v) is 12.9. The van der Waals surface area contributed by atoms with Gasteiger partial charge in [0, 0.05) is 12.8 Å². The summed E-state index contributed by atoms with van der Waals surface area (Å²) >= 11 is 0. The molecule has 3 fully saturated rings. The summed E-state index contributed by atoms with van der Waals surface area (Å²) in [5, 5.41) is 0. The van der Waals surface area contributed by atoms with Gasteiger partial charge in [-0.3, -0.25) is 0 Å². The highest BCUT2D eigenvalue weighted by atomic mass is 14.7. The molecule has 0 spiro atoms. The number of nitrogens with zero attached hydrogens (tertiary/aromatic N) is 1. The van der Waals surface area contributed by atoms with Gasteiger partial charge in [0.2, 0.25) is 6.04 Å². The molecule has 4 aliphatic carbocycles. The third-order valence-corrected chi connectivity index (χ3v) is 10.5. The Morgan fingerprint density at radius 2 is 1.83 bits per heavy atom. The second-order valence-electron chi connectivity index (χ2n) is 12.3. The summed E-state index contributed by atoms with van der Waals surface area (Å²) in [5.41, 5.74) is 2.67. The molecule has 0 saturated heterocycles. The van der Waals surface area contributed by atoms with Gasteiger partial charge in [0.15, 0.2) is 0 Å². The van der Waals surface area contributed by atoms with Gasteiger partial charge in [-0.25, -0.2) is 6.57 Å². The first-order chi connectivity index (χ1) is 13.8. The van der Waals surface area contributed by atoms with Crippen molar-refractivity contribution in [3.63, 3.8) is 0 Å². The lowest BCUT2D eigenvalue weighted by Gasteiger charge is -2.58. The van der Waals surface area contributed by atoms with E-state index < -0.39 is 0 Å². The lowest BCUT2D eigenvalue weighted by atomic mass is 9.47. The monoisotopic (exact) mass is 395 g/mol. The minimum atomic E-state index is 0.266. The van der Waals surface area contributed by atoms with E-state index in [1.54, 1.807) is 5.57 Å². The van der Waals surface area contributed by atoms with Crippen molar-refractivity contribution in [2.24, 2.45) is 46.3 Å². The van der Waals surface area contributed by atoms with Crippen molar-refractivity contribution in [2.45, 2.75) is 111 Å². The van der Waals surface area contributed by atoms with E-state index in [2.05, 4.69) is 45.5 Å². The number of hydrogen-bond donors (Lipinski definition) is 0. The number of fused-ring (bicyclic) bond motifs is 5. The number of hydrogen-bond acceptors (Lipinski definition) is 0. The molecular weight excluding hydrogens is 350 g/mol. The second-order valence-corrected chi connectivity index (χ2v) is 12.3. The van der Waals surface area contributed by atoms with Gasteiger partial charge in [-0.1, -0.05) is 65.5 Å². The van der Waals surface area contributed by atoms with Crippen LogP contribution >= 0.6 is 0 Å². The van der Waals surface area contributed by atoms with Crippen molar-refractivity contribution in [1.82, 2.24) is 0 Å². The van der Waals surface area contributed by atoms with E-state index in [0.717, 1.165) is 48.3 Å². The molecule has 3 saturated carbocycles. The quantitative estimate of drug-likeness (QED) is 0.325. The minimum Gasteiger partial charge on any atom is -0.313 e. The average Bonchev–Trinajstić information content (AvgIpc) is 3.04. The molecule has 0 aromatic rings. The minimum absolute atomic E-state index is 0.266. The van der Waals surface area contributed by atoms with Gasteiger partial charge in [-0.05, 0) is 84.9 Å². The van der Waals surface area contributed by atoms with Gasteiger partial charge >= 0.3 is 0 Å². The van der Waals surface area contributed by atoms with E-state index in [9.17, 15) is 0 Å². The summed E-state index contributed by atoms with van der Waals surface area (Å²) in [5.74, 6) is 5.47. The van der Waals surface area contributed by atoms with Crippen LogP contribution in [0.25, 0.3) is 4.85 Å². The van der Waals surface area contributed by atoms with Crippen LogP contribution in [0.15, 0.2) is 11.6 Å². The predicted molar refractivity (Wildman–Crippen MR) is 123 cm³/mol. The molecule has 0 heterocycles. The zero-order valence-corrected chi connectivity index (χ0v) is 19.8. The van der Waals surface area contributed by atoms with Crippen LogP contribution in [-0.4, -0.2) is 6.04 Å². The molecule has 162 valence electrons. The van der Waals surface area contributed by atoms with Crippen LogP contribution in [-0.2, 0) is 0 Å². The fourth-order valence-electron chi connectivity index (χ4n) is 8.78. The summed E-state index contributed by atoms with van der Waals surface area (Å²) in [6.07, 6.45) is 17.6. The Hall–Kier alpha value is -0.770. The molecule has 4 aliphatic rings. The summed E-state index contributed by atoms with van der Waals surface area (Å²) in [4.78, 5) is 3.91. The van der Waals surface area contributed by atoms with Gasteiger partial charge < -0.3 is 4.85 Å². The summed E-state index contributed by atoms with van der Waals surface area (Å²) in [6, 6.07) is 0.266. The molecule has 0 radical (unpaired) electrons. The van der Waals surface area contributed by atoms with E-state index >= 15 is 0 Å². The van der Waals surface area contributed by atoms with Crippen molar-refractivity contribution >= 4 is 0 Å². The van der Waals surface area contributed by atoms with Crippen LogP contribution < -0.4 is 0 Å². The predicted octanol–water partition coefficient (Wildman–Crippen LogP) is 8.32. The molecule has 1 heteroatoms. The first-order valence-electron chi connectivity index (χ1n) is 12.9. The fraction of sp³-hybridized carbons (Fsp3) is 0.893. The van der Waals surface area contributed by atoms with Crippen LogP contribution in [0.3, 0.4) is 0 Å². The summed E-state index contributed by atoms with van der Waals surface area (Å²) in [7, 11) is 0. The maximum atomic E-state index is 7.50. The average molecular weight is 396 g/mol. The lowest BCUT2D eigenvalue weighted by Crippen LogP contribution is -2.50. The highest BCUT2D eigenvalue weighted by Gasteiger charge is 2.59. The zero-order chi connectivity index (χ0) is 20.8. The normalized spacial score (nSPS) is 45.0. The van der Waals surface area contributed by atoms with Crippen LogP contribution in [0, 0.1) is 52.9 Å². The Labute approximate surface area is 180 Å². The van der Waals surface area contributed by atoms with Gasteiger partial charge in [-0.2, -0.15) is 0 Å². The summed E-state index contributed by atoms with van der Waals surface area (Å²) in [6.45, 7) is 20.1. The Bertz CT molecular complexity index is 668. The van der Waals surface area contributed by atoms with Gasteiger partial charge in [-0.15, -0.1) is 0 Å². The number of rotatable bonds is 5. The highest BCUT2D eigenvalue weighted by Crippen LogP contribution is 2.67. The molecule has 0 amide bonds. The van der Waals surface area contributed by atoms with Crippen molar-refractivity contribution in [3.05, 3.63) is 23.1 Å². The Kier molecular flexibility index (Phi) is 5.96. The third kappa shape index (κ3) is 3.62. The van der Waals surface area contributed by atoms with Crippen LogP contribution in [0.5, 0.6) is 0 Å². The maximum Gasteiger partial charge on any atom is 0.227 e. The number of allylic oxidation sites excluding steroid dienone is 1. The van der Waals surface area contributed by atoms with E-state index in [4.69, 9.17) is 6.57 Å². The fourth-order valence-corrected chi connectivity index (χ4v) is 8.78. The van der Waals surface area contributed by atoms with Crippen molar-refractivity contribution in [1.29, 1.82) is 0 Å². The van der Waals surface area contributed by atoms with E-state index in [-0.39, 0.29) is 6.04 Å². The standard InChI is InChI=1S/C28H45N/c1-19(2)8-7-9-20(3)24-12-13-25-23-11-10-21-18-22(29-6)14-16-27(21,4)26(23)15-17-28(24,25)5/h10,19-20,22-26H,7-9,11-18H2,1-5H3/t20-,22+,23+,24-,25+,26+,27+,28-/m1/s1. The molecule has 0 unspecified atom stereocenters. The molecule has 4 rings (SSSR count). The van der Waals surface area contributed by atoms with Crippen LogP contribution in [0.2, 0.25) is 0 Å². The molecule has 8 atom stereocenters. The smallest absolute Gasteiger partial charge is 0.227 e. The van der Waals surface area contributed by atoms with Gasteiger partial charge in [0.25, 0.3) is 0 Å². The van der Waals surface area contributed by atoms with Gasteiger partial charge in [0.05, 0.1) is 0 Å². The molecule has 0 aliphatic heterocycles. The first kappa shape index (κ1) is 21.5. The molecule has 1 nitrogen and oxygen atoms in total. The molecular formula is C28H45N. The zero-order valence-electron chi connectivity index (χ0n) is 19.8. The van der Waals surface area contributed by atoms with Gasteiger partial charge in [0.1, 0.15) is 0 Å². The molecule has 0 aromatic heterocycles. The maximum absolute atomic E-state index is 7.50. The topological polar surface area (TPSA) is 4.36 Å². The highest BCUT2D eigenvalue weighted by molar-refractivity contribution is 5.26. The van der Waals surface area contributed by atoms with Crippen molar-refractivity contribution in [2.75, 3.05) is 0 Å². The molecule has 29 heavy (non-hydrogen) atoms. The van der Waals surface area contributed by atoms with Crippen LogP contribution in [0.1, 0.15) is 105 Å². The molecule has 0 bridgehead atoms. The Morgan fingerprint density at radius 3 is 2.55 bits per heavy atom. The van der Waals surface area contributed by atoms with E-state index in [1.807, 2.05) is 0 Å². The van der Waals surface area contributed by atoms with Crippen molar-refractivity contribution in [3.8, 4) is 0 Å². The van der Waals surface area contributed by atoms with E-state index in [0.29, 0.717) is 10.8 Å². The van der Waals surface area contributed by atoms with Crippen LogP contribution in [0.4, 0.5) is 0 Å². The SMILES string of the molecule is [C-]#[N+][C@H]1CC[C@@]2(C)C(=CC[C@H]3[C@@H]4CC[C@H]([C@H](C)CCCC(C)C)[C@@]4(C)CC[C@@H]32)C1. The summed E-state index contributed by atoms with van der Waals surface area (Å²) < 4.78 is 0. The third-order valence-electron chi connectivity index (χ3n) is 10.5. The van der Waals surface area contributed by atoms with Crippen molar-refractivity contribution < 1.29 is 0 Å². The largest absolute Gasteiger partial charge is 0.313 e. The van der Waals surface area contributed by atoms with E-state index in [1.165, 1.54) is 57.8 Å². The molecule has 0 N–H and O–H groups in total. The Balaban J connectivity index is 1.49. The second kappa shape index (κ2) is 8.05. The lowest BCUT2D eigenvalue weighted by molar-refractivity contribution is -0.0503.